The van der Waals surface area contributed by atoms with Gasteiger partial charge in [-0.15, -0.1) is 0 Å². The third-order valence-electron chi connectivity index (χ3n) is 1.59. The second-order valence-corrected chi connectivity index (χ2v) is 2.55. The molecule has 0 aliphatic heterocycles. The van der Waals surface area contributed by atoms with Gasteiger partial charge in [-0.2, -0.15) is 0 Å². The fraction of sp³-hybridized carbons (Fsp3) is 0.333. The second-order valence-electron chi connectivity index (χ2n) is 2.55. The highest BCUT2D eigenvalue weighted by Crippen LogP contribution is 2.06. The Morgan fingerprint density at radius 2 is 1.82 bits per heavy atom. The fourth-order valence-corrected chi connectivity index (χ4v) is 0.961. The number of aryl methyl sites for hydroxylation is 1. The summed E-state index contributed by atoms with van der Waals surface area (Å²) in [6, 6.07) is 7.65. The largest absolute Gasteiger partial charge is 0.399 e. The van der Waals surface area contributed by atoms with E-state index in [1.54, 1.807) is 0 Å². The van der Waals surface area contributed by atoms with Crippen molar-refractivity contribution in [3.63, 3.8) is 0 Å². The zero-order chi connectivity index (χ0) is 8.10. The Bertz CT molecular complexity index is 205. The molecule has 0 spiro atoms. The lowest BCUT2D eigenvalue weighted by Crippen LogP contribution is -1.89. The summed E-state index contributed by atoms with van der Waals surface area (Å²) < 4.78 is 0. The van der Waals surface area contributed by atoms with Crippen LogP contribution in [0.1, 0.15) is 12.0 Å². The smallest absolute Gasteiger partial charge is 0.0825 e. The molecular weight excluding hydrogens is 138 g/mol. The van der Waals surface area contributed by atoms with Crippen LogP contribution in [-0.2, 0) is 11.5 Å². The molecule has 0 fully saturated rings. The van der Waals surface area contributed by atoms with Crippen molar-refractivity contribution < 1.29 is 5.11 Å². The molecule has 2 heteroatoms. The van der Waals surface area contributed by atoms with Crippen molar-refractivity contribution in [2.45, 2.75) is 12.8 Å². The molecule has 2 N–H and O–H groups in total. The molecule has 59 valence electrons. The minimum atomic E-state index is 0.00434. The van der Waals surface area contributed by atoms with Gasteiger partial charge in [0, 0.05) is 5.69 Å². The highest BCUT2D eigenvalue weighted by molar-refractivity contribution is 5.39. The highest BCUT2D eigenvalue weighted by atomic mass is 16.2. The number of benzene rings is 1. The molecule has 1 aromatic rings. The van der Waals surface area contributed by atoms with E-state index in [1.165, 1.54) is 5.56 Å². The zero-order valence-electron chi connectivity index (χ0n) is 6.42. The van der Waals surface area contributed by atoms with Gasteiger partial charge in [0.25, 0.3) is 0 Å². The van der Waals surface area contributed by atoms with Gasteiger partial charge >= 0.3 is 0 Å². The summed E-state index contributed by atoms with van der Waals surface area (Å²) >= 11 is 0. The number of hydrogen-bond acceptors (Lipinski definition) is 1. The van der Waals surface area contributed by atoms with Crippen LogP contribution in [0.2, 0.25) is 0 Å². The summed E-state index contributed by atoms with van der Waals surface area (Å²) in [5, 5.41) is 10.1. The van der Waals surface area contributed by atoms with Crippen molar-refractivity contribution in [1.29, 1.82) is 0 Å². The molecule has 1 rings (SSSR count). The summed E-state index contributed by atoms with van der Waals surface area (Å²) in [6.07, 6.45) is 1.58. The SMILES string of the molecule is Nc1ccc(CCC[O])cc1. The van der Waals surface area contributed by atoms with E-state index < -0.39 is 0 Å². The van der Waals surface area contributed by atoms with E-state index in [4.69, 9.17) is 5.73 Å². The van der Waals surface area contributed by atoms with Crippen molar-refractivity contribution in [3.05, 3.63) is 29.8 Å². The first kappa shape index (κ1) is 8.08. The fourth-order valence-electron chi connectivity index (χ4n) is 0.961. The topological polar surface area (TPSA) is 45.9 Å². The standard InChI is InChI=1S/C9H12NO/c10-9-5-3-8(4-6-9)2-1-7-11/h3-6H,1-2,7,10H2. The average molecular weight is 150 g/mol. The predicted molar refractivity (Wildman–Crippen MR) is 44.7 cm³/mol. The monoisotopic (exact) mass is 150 g/mol. The molecule has 0 aliphatic rings. The summed E-state index contributed by atoms with van der Waals surface area (Å²) in [4.78, 5) is 0. The first-order valence-electron chi connectivity index (χ1n) is 3.75. The Morgan fingerprint density at radius 1 is 1.18 bits per heavy atom. The van der Waals surface area contributed by atoms with E-state index >= 15 is 0 Å². The summed E-state index contributed by atoms with van der Waals surface area (Å²) in [5.41, 5.74) is 7.46. The lowest BCUT2D eigenvalue weighted by atomic mass is 10.1. The van der Waals surface area contributed by atoms with Crippen LogP contribution in [0.25, 0.3) is 0 Å². The molecular formula is C9H12NO. The second kappa shape index (κ2) is 3.98. The molecule has 0 aliphatic carbocycles. The maximum absolute atomic E-state index is 10.1. The maximum atomic E-state index is 10.1. The van der Waals surface area contributed by atoms with Crippen molar-refractivity contribution in [2.75, 3.05) is 12.3 Å². The predicted octanol–water partition coefficient (Wildman–Crippen LogP) is 1.63. The first-order chi connectivity index (χ1) is 5.33. The molecule has 0 aromatic heterocycles. The van der Waals surface area contributed by atoms with E-state index in [9.17, 15) is 5.11 Å². The van der Waals surface area contributed by atoms with Crippen molar-refractivity contribution in [2.24, 2.45) is 0 Å². The molecule has 1 aromatic carbocycles. The van der Waals surface area contributed by atoms with Crippen molar-refractivity contribution in [3.8, 4) is 0 Å². The highest BCUT2D eigenvalue weighted by Gasteiger charge is 1.91. The minimum absolute atomic E-state index is 0.00434. The Hall–Kier alpha value is -1.02. The molecule has 0 atom stereocenters. The Kier molecular flexibility index (Phi) is 2.93. The van der Waals surface area contributed by atoms with Crippen LogP contribution in [0, 0.1) is 0 Å². The maximum Gasteiger partial charge on any atom is 0.0825 e. The summed E-state index contributed by atoms with van der Waals surface area (Å²) in [6.45, 7) is 0.00434. The van der Waals surface area contributed by atoms with Crippen LogP contribution in [0.15, 0.2) is 24.3 Å². The number of hydrogen-bond donors (Lipinski definition) is 1. The molecule has 0 bridgehead atoms. The van der Waals surface area contributed by atoms with Gasteiger partial charge in [0.2, 0.25) is 0 Å². The molecule has 0 saturated heterocycles. The van der Waals surface area contributed by atoms with E-state index in [0.717, 1.165) is 12.1 Å². The van der Waals surface area contributed by atoms with Gasteiger partial charge in [0.15, 0.2) is 0 Å². The molecule has 0 heterocycles. The molecule has 0 saturated carbocycles. The minimum Gasteiger partial charge on any atom is -0.399 e. The number of nitrogens with two attached hydrogens (primary N) is 1. The Balaban J connectivity index is 2.52. The molecule has 0 unspecified atom stereocenters. The average Bonchev–Trinajstić information content (AvgIpc) is 2.04. The number of rotatable bonds is 3. The van der Waals surface area contributed by atoms with Gasteiger partial charge < -0.3 is 5.73 Å². The quantitative estimate of drug-likeness (QED) is 0.654. The molecule has 11 heavy (non-hydrogen) atoms. The van der Waals surface area contributed by atoms with E-state index in [-0.39, 0.29) is 6.61 Å². The van der Waals surface area contributed by atoms with Crippen LogP contribution in [-0.4, -0.2) is 6.61 Å². The first-order valence-corrected chi connectivity index (χ1v) is 3.75. The third-order valence-corrected chi connectivity index (χ3v) is 1.59. The number of nitrogen functional groups attached to an aromatic ring is 1. The Morgan fingerprint density at radius 3 is 2.36 bits per heavy atom. The number of anilines is 1. The molecule has 0 amide bonds. The molecule has 2 nitrogen and oxygen atoms in total. The van der Waals surface area contributed by atoms with Crippen molar-refractivity contribution >= 4 is 5.69 Å². The van der Waals surface area contributed by atoms with Gasteiger partial charge in [-0.25, -0.2) is 5.11 Å². The van der Waals surface area contributed by atoms with E-state index in [0.29, 0.717) is 6.42 Å². The van der Waals surface area contributed by atoms with E-state index in [1.807, 2.05) is 24.3 Å². The van der Waals surface area contributed by atoms with Crippen LogP contribution < -0.4 is 5.73 Å². The van der Waals surface area contributed by atoms with Crippen LogP contribution in [0.3, 0.4) is 0 Å². The lowest BCUT2D eigenvalue weighted by molar-refractivity contribution is 0.189. The zero-order valence-corrected chi connectivity index (χ0v) is 6.42. The Labute approximate surface area is 66.7 Å². The van der Waals surface area contributed by atoms with Gasteiger partial charge in [-0.3, -0.25) is 0 Å². The third kappa shape index (κ3) is 2.60. The van der Waals surface area contributed by atoms with Gasteiger partial charge in [0.1, 0.15) is 0 Å². The van der Waals surface area contributed by atoms with Gasteiger partial charge in [-0.1, -0.05) is 12.1 Å². The lowest BCUT2D eigenvalue weighted by Gasteiger charge is -1.98. The van der Waals surface area contributed by atoms with Gasteiger partial charge in [0.05, 0.1) is 6.61 Å². The van der Waals surface area contributed by atoms with Crippen LogP contribution in [0.5, 0.6) is 0 Å². The van der Waals surface area contributed by atoms with Gasteiger partial charge in [-0.05, 0) is 30.5 Å². The van der Waals surface area contributed by atoms with E-state index in [2.05, 4.69) is 0 Å². The van der Waals surface area contributed by atoms with Crippen molar-refractivity contribution in [1.82, 2.24) is 0 Å². The van der Waals surface area contributed by atoms with Crippen LogP contribution >= 0.6 is 0 Å². The van der Waals surface area contributed by atoms with Crippen LogP contribution in [0.4, 0.5) is 5.69 Å². The normalized spacial score (nSPS) is 9.91. The summed E-state index contributed by atoms with van der Waals surface area (Å²) in [7, 11) is 0. The molecule has 1 radical (unpaired) electrons. The summed E-state index contributed by atoms with van der Waals surface area (Å²) in [5.74, 6) is 0.